The third-order valence-corrected chi connectivity index (χ3v) is 1.40. The Balaban J connectivity index is 2.53. The lowest BCUT2D eigenvalue weighted by Gasteiger charge is -2.19. The van der Waals surface area contributed by atoms with Crippen LogP contribution in [0.15, 0.2) is 0 Å². The van der Waals surface area contributed by atoms with Crippen molar-refractivity contribution in [2.75, 3.05) is 20.7 Å². The highest BCUT2D eigenvalue weighted by atomic mass is 17.0. The van der Waals surface area contributed by atoms with Gasteiger partial charge in [-0.15, -0.1) is 0 Å². The van der Waals surface area contributed by atoms with E-state index in [1.807, 2.05) is 13.8 Å². The standard InChI is InChI=1S/C7H14N2O3/c1-7(2)5-11-9(12-7)6(10)8(3)4/h5H2,1-4H3. The molecule has 5 heteroatoms. The molecule has 1 heterocycles. The van der Waals surface area contributed by atoms with Crippen LogP contribution in [-0.4, -0.2) is 42.5 Å². The second-order valence-corrected chi connectivity index (χ2v) is 3.56. The third kappa shape index (κ3) is 1.86. The summed E-state index contributed by atoms with van der Waals surface area (Å²) in [6.45, 7) is 4.11. The molecule has 70 valence electrons. The van der Waals surface area contributed by atoms with Crippen molar-refractivity contribution in [3.05, 3.63) is 0 Å². The lowest BCUT2D eigenvalue weighted by Crippen LogP contribution is -2.37. The molecule has 5 nitrogen and oxygen atoms in total. The van der Waals surface area contributed by atoms with E-state index in [0.29, 0.717) is 6.61 Å². The minimum atomic E-state index is -0.411. The summed E-state index contributed by atoms with van der Waals surface area (Å²) in [4.78, 5) is 22.8. The molecule has 2 amide bonds. The summed E-state index contributed by atoms with van der Waals surface area (Å²) in [6.07, 6.45) is 0. The maximum absolute atomic E-state index is 11.2. The van der Waals surface area contributed by atoms with Crippen LogP contribution < -0.4 is 0 Å². The van der Waals surface area contributed by atoms with Gasteiger partial charge in [0.15, 0.2) is 0 Å². The number of hydrogen-bond acceptors (Lipinski definition) is 3. The van der Waals surface area contributed by atoms with Crippen molar-refractivity contribution in [3.8, 4) is 0 Å². The van der Waals surface area contributed by atoms with Gasteiger partial charge in [-0.3, -0.25) is 0 Å². The summed E-state index contributed by atoms with van der Waals surface area (Å²) in [6, 6.07) is -0.305. The van der Waals surface area contributed by atoms with Crippen molar-refractivity contribution in [1.82, 2.24) is 10.1 Å². The molecule has 0 radical (unpaired) electrons. The van der Waals surface area contributed by atoms with E-state index in [9.17, 15) is 4.79 Å². The number of carbonyl (C=O) groups is 1. The fourth-order valence-electron chi connectivity index (χ4n) is 0.749. The Morgan fingerprint density at radius 2 is 2.08 bits per heavy atom. The van der Waals surface area contributed by atoms with E-state index in [4.69, 9.17) is 9.68 Å². The Labute approximate surface area is 71.7 Å². The summed E-state index contributed by atoms with van der Waals surface area (Å²) in [5.74, 6) is 0. The van der Waals surface area contributed by atoms with Gasteiger partial charge in [0.2, 0.25) is 0 Å². The fourth-order valence-corrected chi connectivity index (χ4v) is 0.749. The van der Waals surface area contributed by atoms with Gasteiger partial charge >= 0.3 is 6.03 Å². The highest BCUT2D eigenvalue weighted by Crippen LogP contribution is 2.21. The second-order valence-electron chi connectivity index (χ2n) is 3.56. The number of hydroxylamine groups is 2. The molecule has 0 saturated carbocycles. The zero-order chi connectivity index (χ0) is 9.35. The van der Waals surface area contributed by atoms with E-state index in [2.05, 4.69) is 0 Å². The summed E-state index contributed by atoms with van der Waals surface area (Å²) >= 11 is 0. The Kier molecular flexibility index (Phi) is 2.25. The van der Waals surface area contributed by atoms with E-state index in [0.717, 1.165) is 5.23 Å². The van der Waals surface area contributed by atoms with Gasteiger partial charge in [0.25, 0.3) is 0 Å². The van der Waals surface area contributed by atoms with Crippen molar-refractivity contribution >= 4 is 6.03 Å². The largest absolute Gasteiger partial charge is 0.369 e. The molecule has 12 heavy (non-hydrogen) atoms. The van der Waals surface area contributed by atoms with E-state index in [-0.39, 0.29) is 6.03 Å². The number of urea groups is 1. The monoisotopic (exact) mass is 174 g/mol. The van der Waals surface area contributed by atoms with Crippen molar-refractivity contribution < 1.29 is 14.5 Å². The Morgan fingerprint density at radius 3 is 2.42 bits per heavy atom. The summed E-state index contributed by atoms with van der Waals surface area (Å²) in [5.41, 5.74) is -0.411. The van der Waals surface area contributed by atoms with Crippen LogP contribution in [-0.2, 0) is 9.68 Å². The molecule has 1 fully saturated rings. The smallest absolute Gasteiger partial charge is 0.327 e. The van der Waals surface area contributed by atoms with Gasteiger partial charge in [0.05, 0.1) is 0 Å². The van der Waals surface area contributed by atoms with Gasteiger partial charge in [-0.25, -0.2) is 14.5 Å². The quantitative estimate of drug-likeness (QED) is 0.540. The number of nitrogens with zero attached hydrogens (tertiary/aromatic N) is 2. The Bertz CT molecular complexity index is 191. The first-order chi connectivity index (χ1) is 5.42. The molecule has 0 aliphatic carbocycles. The third-order valence-electron chi connectivity index (χ3n) is 1.40. The van der Waals surface area contributed by atoms with Gasteiger partial charge in [-0.1, -0.05) is 5.23 Å². The molecule has 0 atom stereocenters. The molecule has 0 N–H and O–H groups in total. The molecule has 0 unspecified atom stereocenters. The molecule has 0 spiro atoms. The van der Waals surface area contributed by atoms with Crippen LogP contribution >= 0.6 is 0 Å². The molecule has 0 aromatic heterocycles. The average molecular weight is 174 g/mol. The molecule has 1 aliphatic heterocycles. The Hall–Kier alpha value is -0.810. The lowest BCUT2D eigenvalue weighted by molar-refractivity contribution is -0.276. The molecule has 1 rings (SSSR count). The first-order valence-electron chi connectivity index (χ1n) is 3.76. The van der Waals surface area contributed by atoms with E-state index in [1.165, 1.54) is 4.90 Å². The minimum absolute atomic E-state index is 0.305. The molecule has 0 bridgehead atoms. The number of hydrogen-bond donors (Lipinski definition) is 0. The van der Waals surface area contributed by atoms with Crippen molar-refractivity contribution in [3.63, 3.8) is 0 Å². The van der Waals surface area contributed by atoms with Crippen LogP contribution in [0.4, 0.5) is 4.79 Å². The second kappa shape index (κ2) is 2.91. The predicted molar refractivity (Wildman–Crippen MR) is 42.0 cm³/mol. The summed E-state index contributed by atoms with van der Waals surface area (Å²) < 4.78 is 0. The van der Waals surface area contributed by atoms with E-state index < -0.39 is 5.60 Å². The van der Waals surface area contributed by atoms with Gasteiger partial charge in [-0.05, 0) is 13.8 Å². The van der Waals surface area contributed by atoms with Crippen LogP contribution in [0.1, 0.15) is 13.8 Å². The first-order valence-corrected chi connectivity index (χ1v) is 3.76. The average Bonchev–Trinajstić information content (AvgIpc) is 2.28. The molecule has 1 saturated heterocycles. The van der Waals surface area contributed by atoms with Crippen molar-refractivity contribution in [2.24, 2.45) is 0 Å². The zero-order valence-electron chi connectivity index (χ0n) is 7.83. The molecule has 1 aliphatic rings. The van der Waals surface area contributed by atoms with E-state index in [1.54, 1.807) is 14.1 Å². The van der Waals surface area contributed by atoms with Crippen LogP contribution in [0.5, 0.6) is 0 Å². The zero-order valence-corrected chi connectivity index (χ0v) is 7.83. The van der Waals surface area contributed by atoms with Crippen LogP contribution in [0.3, 0.4) is 0 Å². The first kappa shape index (κ1) is 9.28. The lowest BCUT2D eigenvalue weighted by atomic mass is 10.2. The van der Waals surface area contributed by atoms with Gasteiger partial charge in [0.1, 0.15) is 12.2 Å². The van der Waals surface area contributed by atoms with Gasteiger partial charge < -0.3 is 4.90 Å². The van der Waals surface area contributed by atoms with Crippen molar-refractivity contribution in [1.29, 1.82) is 0 Å². The van der Waals surface area contributed by atoms with Gasteiger partial charge in [0, 0.05) is 14.1 Å². The normalized spacial score (nSPS) is 21.2. The molecular formula is C7H14N2O3. The maximum Gasteiger partial charge on any atom is 0.369 e. The predicted octanol–water partition coefficient (Wildman–Crippen LogP) is 0.625. The van der Waals surface area contributed by atoms with E-state index >= 15 is 0 Å². The maximum atomic E-state index is 11.2. The number of carbonyl (C=O) groups excluding carboxylic acids is 1. The summed E-state index contributed by atoms with van der Waals surface area (Å²) in [7, 11) is 3.28. The van der Waals surface area contributed by atoms with Crippen LogP contribution in [0, 0.1) is 0 Å². The number of rotatable bonds is 0. The SMILES string of the molecule is CN(C)C(=O)N1OCC(C)(C)O1. The number of amides is 2. The summed E-state index contributed by atoms with van der Waals surface area (Å²) in [5, 5.41) is 0.917. The molecule has 0 aromatic carbocycles. The topological polar surface area (TPSA) is 42.0 Å². The highest BCUT2D eigenvalue weighted by Gasteiger charge is 2.36. The minimum Gasteiger partial charge on any atom is -0.327 e. The molecule has 0 aromatic rings. The molecular weight excluding hydrogens is 160 g/mol. The van der Waals surface area contributed by atoms with Crippen LogP contribution in [0.2, 0.25) is 0 Å². The van der Waals surface area contributed by atoms with Gasteiger partial charge in [-0.2, -0.15) is 0 Å². The Morgan fingerprint density at radius 1 is 1.50 bits per heavy atom. The fraction of sp³-hybridized carbons (Fsp3) is 0.857. The van der Waals surface area contributed by atoms with Crippen molar-refractivity contribution in [2.45, 2.75) is 19.4 Å². The van der Waals surface area contributed by atoms with Crippen LogP contribution in [0.25, 0.3) is 0 Å². The highest BCUT2D eigenvalue weighted by molar-refractivity contribution is 5.71.